The Morgan fingerprint density at radius 3 is 1.66 bits per heavy atom. The molecule has 2 nitrogen and oxygen atoms in total. The first kappa shape index (κ1) is 35.2. The Morgan fingerprint density at radius 2 is 0.852 bits per heavy atom. The first-order valence-electron chi connectivity index (χ1n) is 20.7. The average molecular weight is 796 g/mol. The lowest BCUT2D eigenvalue weighted by atomic mass is 9.90. The number of nitrogens with zero attached hydrogens (tertiary/aromatic N) is 1. The normalized spacial score (nSPS) is 11.6. The van der Waals surface area contributed by atoms with Crippen LogP contribution in [0.25, 0.3) is 97.4 Å². The summed E-state index contributed by atoms with van der Waals surface area (Å²) in [7, 11) is 0. The van der Waals surface area contributed by atoms with E-state index in [1.165, 1.54) is 58.8 Å². The van der Waals surface area contributed by atoms with Gasteiger partial charge in [-0.15, -0.1) is 11.3 Å². The number of hydrogen-bond donors (Lipinski definition) is 0. The zero-order chi connectivity index (χ0) is 40.3. The molecule has 0 unspecified atom stereocenters. The molecule has 0 saturated carbocycles. The first-order chi connectivity index (χ1) is 30.3. The Labute approximate surface area is 357 Å². The van der Waals surface area contributed by atoms with E-state index in [1.54, 1.807) is 0 Å². The van der Waals surface area contributed by atoms with Gasteiger partial charge in [0.1, 0.15) is 11.2 Å². The van der Waals surface area contributed by atoms with E-state index < -0.39 is 0 Å². The fourth-order valence-electron chi connectivity index (χ4n) is 9.28. The van der Waals surface area contributed by atoms with Crippen LogP contribution in [0.2, 0.25) is 0 Å². The van der Waals surface area contributed by atoms with Crippen LogP contribution in [0.15, 0.2) is 229 Å². The van der Waals surface area contributed by atoms with E-state index in [-0.39, 0.29) is 0 Å². The lowest BCUT2D eigenvalue weighted by Gasteiger charge is -2.30. The van der Waals surface area contributed by atoms with Gasteiger partial charge in [0.25, 0.3) is 0 Å². The zero-order valence-electron chi connectivity index (χ0n) is 33.1. The van der Waals surface area contributed by atoms with Crippen LogP contribution < -0.4 is 4.90 Å². The van der Waals surface area contributed by atoms with Gasteiger partial charge in [-0.3, -0.25) is 0 Å². The summed E-state index contributed by atoms with van der Waals surface area (Å²) in [5.41, 5.74) is 14.2. The van der Waals surface area contributed by atoms with E-state index in [0.717, 1.165) is 55.7 Å². The van der Waals surface area contributed by atoms with Crippen molar-refractivity contribution in [2.45, 2.75) is 0 Å². The van der Waals surface area contributed by atoms with Crippen molar-refractivity contribution < 1.29 is 4.42 Å². The van der Waals surface area contributed by atoms with Crippen LogP contribution >= 0.6 is 11.3 Å². The molecule has 12 aromatic rings. The van der Waals surface area contributed by atoms with Crippen LogP contribution in [0.1, 0.15) is 0 Å². The summed E-state index contributed by atoms with van der Waals surface area (Å²) < 4.78 is 9.29. The minimum atomic E-state index is 0.887. The summed E-state index contributed by atoms with van der Waals surface area (Å²) in [5.74, 6) is 0. The van der Waals surface area contributed by atoms with Crippen LogP contribution in [0, 0.1) is 0 Å². The Balaban J connectivity index is 1.06. The van der Waals surface area contributed by atoms with Gasteiger partial charge in [-0.05, 0) is 81.1 Å². The van der Waals surface area contributed by atoms with Gasteiger partial charge in [0, 0.05) is 53.3 Å². The molecule has 10 aromatic carbocycles. The van der Waals surface area contributed by atoms with Gasteiger partial charge >= 0.3 is 0 Å². The Morgan fingerprint density at radius 1 is 0.328 bits per heavy atom. The summed E-state index contributed by atoms with van der Waals surface area (Å²) in [5, 5.41) is 7.32. The molecule has 0 saturated heterocycles. The van der Waals surface area contributed by atoms with Crippen molar-refractivity contribution in [2.75, 3.05) is 4.90 Å². The van der Waals surface area contributed by atoms with Gasteiger partial charge in [0.2, 0.25) is 0 Å². The smallest absolute Gasteiger partial charge is 0.143 e. The number of furan rings is 1. The zero-order valence-corrected chi connectivity index (χ0v) is 33.9. The molecule has 0 N–H and O–H groups in total. The van der Waals surface area contributed by atoms with Gasteiger partial charge in [0.15, 0.2) is 0 Å². The van der Waals surface area contributed by atoms with Gasteiger partial charge in [-0.25, -0.2) is 0 Å². The van der Waals surface area contributed by atoms with Gasteiger partial charge < -0.3 is 9.32 Å². The van der Waals surface area contributed by atoms with Gasteiger partial charge in [0.05, 0.1) is 11.4 Å². The second-order valence-electron chi connectivity index (χ2n) is 15.6. The molecule has 61 heavy (non-hydrogen) atoms. The maximum absolute atomic E-state index is 6.67. The quantitative estimate of drug-likeness (QED) is 0.160. The van der Waals surface area contributed by atoms with E-state index >= 15 is 0 Å². The second-order valence-corrected chi connectivity index (χ2v) is 16.7. The maximum atomic E-state index is 6.67. The third-order valence-corrected chi connectivity index (χ3v) is 13.3. The molecule has 0 amide bonds. The Hall–Kier alpha value is -7.72. The summed E-state index contributed by atoms with van der Waals surface area (Å²) in [6.07, 6.45) is 0. The molecule has 0 aliphatic heterocycles. The van der Waals surface area contributed by atoms with Gasteiger partial charge in [-0.2, -0.15) is 0 Å². The van der Waals surface area contributed by atoms with Crippen molar-refractivity contribution in [1.29, 1.82) is 0 Å². The summed E-state index contributed by atoms with van der Waals surface area (Å²) >= 11 is 1.86. The largest absolute Gasteiger partial charge is 0.455 e. The number of hydrogen-bond acceptors (Lipinski definition) is 3. The highest BCUT2D eigenvalue weighted by Crippen LogP contribution is 2.49. The lowest BCUT2D eigenvalue weighted by Crippen LogP contribution is -2.12. The highest BCUT2D eigenvalue weighted by Gasteiger charge is 2.24. The number of para-hydroxylation sites is 4. The van der Waals surface area contributed by atoms with Crippen molar-refractivity contribution in [3.8, 4) is 44.5 Å². The molecule has 3 heteroatoms. The molecular weight excluding hydrogens is 759 g/mol. The monoisotopic (exact) mass is 795 g/mol. The van der Waals surface area contributed by atoms with E-state index in [2.05, 4.69) is 223 Å². The second kappa shape index (κ2) is 14.5. The number of thiophene rings is 1. The van der Waals surface area contributed by atoms with E-state index in [1.807, 2.05) is 17.4 Å². The van der Waals surface area contributed by atoms with E-state index in [0.29, 0.717) is 0 Å². The topological polar surface area (TPSA) is 16.4 Å². The molecule has 0 aliphatic carbocycles. The van der Waals surface area contributed by atoms with Crippen LogP contribution in [0.4, 0.5) is 17.1 Å². The minimum absolute atomic E-state index is 0.887. The van der Waals surface area contributed by atoms with Crippen LogP contribution in [-0.4, -0.2) is 0 Å². The van der Waals surface area contributed by atoms with Crippen molar-refractivity contribution in [3.63, 3.8) is 0 Å². The third-order valence-electron chi connectivity index (χ3n) is 12.1. The van der Waals surface area contributed by atoms with Crippen molar-refractivity contribution in [2.24, 2.45) is 0 Å². The predicted octanol–water partition coefficient (Wildman–Crippen LogP) is 17.2. The summed E-state index contributed by atoms with van der Waals surface area (Å²) in [4.78, 5) is 2.44. The van der Waals surface area contributed by atoms with Crippen LogP contribution in [0.5, 0.6) is 0 Å². The summed E-state index contributed by atoms with van der Waals surface area (Å²) in [6, 6.07) is 81.2. The molecule has 0 radical (unpaired) electrons. The van der Waals surface area contributed by atoms with Crippen LogP contribution in [-0.2, 0) is 0 Å². The Bertz CT molecular complexity index is 3610. The van der Waals surface area contributed by atoms with Crippen LogP contribution in [0.3, 0.4) is 0 Å². The predicted molar refractivity (Wildman–Crippen MR) is 261 cm³/mol. The van der Waals surface area contributed by atoms with Gasteiger partial charge in [-0.1, -0.05) is 182 Å². The fraction of sp³-hybridized carbons (Fsp3) is 0. The standard InChI is InChI=1S/C58H37NOS/c1-2-17-42-39(15-1)16-13-24-43(42)44-18-3-4-19-45(44)46-20-5-9-27-53(46)59(41-34-31-38(32-35-41)40-33-36-50-49-23-8-12-30-56(49)61-57(50)37-40)54-28-10-6-21-47(54)51-25-14-26-52-48-22-7-11-29-55(48)60-58(51)52/h1-37H. The van der Waals surface area contributed by atoms with Crippen molar-refractivity contribution >= 4 is 81.3 Å². The number of benzene rings is 10. The maximum Gasteiger partial charge on any atom is 0.143 e. The highest BCUT2D eigenvalue weighted by molar-refractivity contribution is 7.25. The molecule has 0 atom stereocenters. The Kier molecular flexibility index (Phi) is 8.39. The number of fused-ring (bicyclic) bond motifs is 7. The molecule has 0 aliphatic rings. The number of rotatable bonds is 7. The molecule has 12 rings (SSSR count). The van der Waals surface area contributed by atoms with E-state index in [9.17, 15) is 0 Å². The SMILES string of the molecule is c1ccc(-c2cccc3ccccc23)c(-c2ccccc2N(c2ccc(-c3ccc4c(c3)sc3ccccc34)cc2)c2ccccc2-c2cccc3c2oc2ccccc23)c1. The minimum Gasteiger partial charge on any atom is -0.455 e. The molecule has 0 spiro atoms. The molecular formula is C58H37NOS. The van der Waals surface area contributed by atoms with Crippen molar-refractivity contribution in [3.05, 3.63) is 224 Å². The molecule has 0 bridgehead atoms. The fourth-order valence-corrected chi connectivity index (χ4v) is 10.4. The third kappa shape index (κ3) is 5.93. The lowest BCUT2D eigenvalue weighted by molar-refractivity contribution is 0.670. The molecule has 2 aromatic heterocycles. The first-order valence-corrected chi connectivity index (χ1v) is 21.6. The molecule has 286 valence electrons. The molecule has 0 fully saturated rings. The number of anilines is 3. The summed E-state index contributed by atoms with van der Waals surface area (Å²) in [6.45, 7) is 0. The van der Waals surface area contributed by atoms with E-state index in [4.69, 9.17) is 4.42 Å². The highest BCUT2D eigenvalue weighted by atomic mass is 32.1. The average Bonchev–Trinajstić information content (AvgIpc) is 3.90. The molecule has 2 heterocycles. The van der Waals surface area contributed by atoms with Crippen molar-refractivity contribution in [1.82, 2.24) is 0 Å².